The van der Waals surface area contributed by atoms with Gasteiger partial charge in [-0.1, -0.05) is 23.2 Å². The van der Waals surface area contributed by atoms with Crippen LogP contribution in [-0.2, 0) is 0 Å². The summed E-state index contributed by atoms with van der Waals surface area (Å²) < 4.78 is 5.17. The predicted molar refractivity (Wildman–Crippen MR) is 75.8 cm³/mol. The number of hydrogen-bond acceptors (Lipinski definition) is 5. The Morgan fingerprint density at radius 1 is 1.16 bits per heavy atom. The minimum atomic E-state index is 0.0334. The van der Waals surface area contributed by atoms with Gasteiger partial charge in [-0.15, -0.1) is 0 Å². The highest BCUT2D eigenvalue weighted by molar-refractivity contribution is 6.36. The third kappa shape index (κ3) is 3.83. The van der Waals surface area contributed by atoms with Gasteiger partial charge in [0.05, 0.1) is 17.3 Å². The summed E-state index contributed by atoms with van der Waals surface area (Å²) >= 11 is 17.6. The van der Waals surface area contributed by atoms with Crippen LogP contribution in [0.3, 0.4) is 0 Å². The van der Waals surface area contributed by atoms with Crippen molar-refractivity contribution in [1.82, 2.24) is 15.0 Å². The molecule has 5 nitrogen and oxygen atoms in total. The fourth-order valence-corrected chi connectivity index (χ4v) is 1.90. The van der Waals surface area contributed by atoms with Crippen molar-refractivity contribution in [3.8, 4) is 6.01 Å². The summed E-state index contributed by atoms with van der Waals surface area (Å²) in [5.74, 6) is 0.243. The van der Waals surface area contributed by atoms with Crippen LogP contribution in [0.2, 0.25) is 15.3 Å². The van der Waals surface area contributed by atoms with Gasteiger partial charge in [0.25, 0.3) is 0 Å². The zero-order valence-electron chi connectivity index (χ0n) is 9.82. The lowest BCUT2D eigenvalue weighted by molar-refractivity contribution is 0.312. The van der Waals surface area contributed by atoms with E-state index >= 15 is 0 Å². The third-order valence-corrected chi connectivity index (χ3v) is 2.76. The number of benzene rings is 1. The van der Waals surface area contributed by atoms with Crippen molar-refractivity contribution in [2.75, 3.05) is 11.9 Å². The van der Waals surface area contributed by atoms with Crippen LogP contribution in [0.5, 0.6) is 6.01 Å². The van der Waals surface area contributed by atoms with Gasteiger partial charge in [0, 0.05) is 5.02 Å². The Morgan fingerprint density at radius 3 is 2.63 bits per heavy atom. The monoisotopic (exact) mass is 318 g/mol. The topological polar surface area (TPSA) is 59.9 Å². The molecule has 0 saturated heterocycles. The Labute approximate surface area is 124 Å². The Hall–Kier alpha value is -1.30. The van der Waals surface area contributed by atoms with Crippen molar-refractivity contribution in [3.63, 3.8) is 0 Å². The third-order valence-electron chi connectivity index (χ3n) is 2.04. The number of nitrogens with one attached hydrogen (secondary N) is 1. The van der Waals surface area contributed by atoms with Crippen LogP contribution in [0.25, 0.3) is 0 Å². The second-order valence-electron chi connectivity index (χ2n) is 3.39. The molecule has 1 heterocycles. The summed E-state index contributed by atoms with van der Waals surface area (Å²) in [5.41, 5.74) is 0.607. The molecule has 1 aromatic heterocycles. The van der Waals surface area contributed by atoms with Gasteiger partial charge in [0.2, 0.25) is 11.2 Å². The van der Waals surface area contributed by atoms with Gasteiger partial charge < -0.3 is 10.1 Å². The molecule has 1 N–H and O–H groups in total. The molecule has 0 atom stereocenters. The maximum Gasteiger partial charge on any atom is 0.322 e. The van der Waals surface area contributed by atoms with Crippen molar-refractivity contribution in [3.05, 3.63) is 33.5 Å². The molecule has 0 saturated carbocycles. The average molecular weight is 320 g/mol. The Bertz CT molecular complexity index is 594. The zero-order chi connectivity index (χ0) is 13.8. The minimum Gasteiger partial charge on any atom is -0.464 e. The van der Waals surface area contributed by atoms with Crippen molar-refractivity contribution in [1.29, 1.82) is 0 Å². The van der Waals surface area contributed by atoms with Crippen LogP contribution in [0.15, 0.2) is 18.2 Å². The Balaban J connectivity index is 2.27. The first-order valence-corrected chi connectivity index (χ1v) is 6.48. The SMILES string of the molecule is CCOc1nc(Cl)nc(Nc2ccc(Cl)cc2Cl)n1. The highest BCUT2D eigenvalue weighted by Gasteiger charge is 2.08. The summed E-state index contributed by atoms with van der Waals surface area (Å²) in [6, 6.07) is 5.16. The molecule has 0 amide bonds. The van der Waals surface area contributed by atoms with Crippen LogP contribution >= 0.6 is 34.8 Å². The van der Waals surface area contributed by atoms with E-state index in [2.05, 4.69) is 20.3 Å². The lowest BCUT2D eigenvalue weighted by atomic mass is 10.3. The fourth-order valence-electron chi connectivity index (χ4n) is 1.29. The predicted octanol–water partition coefficient (Wildman–Crippen LogP) is 3.97. The maximum atomic E-state index is 6.04. The normalized spacial score (nSPS) is 10.3. The average Bonchev–Trinajstić information content (AvgIpc) is 2.32. The molecular formula is C11H9Cl3N4O. The van der Waals surface area contributed by atoms with E-state index in [4.69, 9.17) is 39.5 Å². The van der Waals surface area contributed by atoms with Gasteiger partial charge in [0.1, 0.15) is 0 Å². The van der Waals surface area contributed by atoms with E-state index in [0.29, 0.717) is 22.3 Å². The molecule has 0 aliphatic heterocycles. The number of halogens is 3. The molecule has 0 unspecified atom stereocenters. The van der Waals surface area contributed by atoms with Gasteiger partial charge in [0.15, 0.2) is 0 Å². The van der Waals surface area contributed by atoms with Crippen molar-refractivity contribution in [2.24, 2.45) is 0 Å². The summed E-state index contributed by atoms with van der Waals surface area (Å²) in [6.45, 7) is 2.25. The van der Waals surface area contributed by atoms with Gasteiger partial charge in [-0.2, -0.15) is 15.0 Å². The van der Waals surface area contributed by atoms with E-state index < -0.39 is 0 Å². The Kier molecular flexibility index (Phi) is 4.63. The molecule has 0 radical (unpaired) electrons. The van der Waals surface area contributed by atoms with E-state index in [9.17, 15) is 0 Å². The number of ether oxygens (including phenoxy) is 1. The van der Waals surface area contributed by atoms with Gasteiger partial charge >= 0.3 is 6.01 Å². The number of hydrogen-bond donors (Lipinski definition) is 1. The van der Waals surface area contributed by atoms with Crippen molar-refractivity contribution in [2.45, 2.75) is 6.92 Å². The van der Waals surface area contributed by atoms with Crippen molar-refractivity contribution >= 4 is 46.4 Å². The smallest absolute Gasteiger partial charge is 0.322 e. The second kappa shape index (κ2) is 6.23. The standard InChI is InChI=1S/C11H9Cl3N4O/c1-2-19-11-17-9(14)16-10(18-11)15-8-4-3-6(12)5-7(8)13/h3-5H,2H2,1H3,(H,15,16,17,18). The molecule has 0 spiro atoms. The first-order chi connectivity index (χ1) is 9.08. The van der Waals surface area contributed by atoms with E-state index in [1.54, 1.807) is 18.2 Å². The molecule has 0 aliphatic carbocycles. The Morgan fingerprint density at radius 2 is 1.95 bits per heavy atom. The number of nitrogens with zero attached hydrogens (tertiary/aromatic N) is 3. The van der Waals surface area contributed by atoms with Crippen LogP contribution in [-0.4, -0.2) is 21.6 Å². The summed E-state index contributed by atoms with van der Waals surface area (Å²) in [4.78, 5) is 11.8. The first-order valence-electron chi connectivity index (χ1n) is 5.35. The van der Waals surface area contributed by atoms with Crippen LogP contribution in [0, 0.1) is 0 Å². The van der Waals surface area contributed by atoms with Crippen LogP contribution in [0.1, 0.15) is 6.92 Å². The van der Waals surface area contributed by atoms with E-state index in [0.717, 1.165) is 0 Å². The van der Waals surface area contributed by atoms with E-state index in [1.165, 1.54) is 0 Å². The lowest BCUT2D eigenvalue weighted by Crippen LogP contribution is -2.04. The highest BCUT2D eigenvalue weighted by Crippen LogP contribution is 2.27. The summed E-state index contributed by atoms with van der Waals surface area (Å²) in [6.07, 6.45) is 0. The van der Waals surface area contributed by atoms with Crippen molar-refractivity contribution < 1.29 is 4.74 Å². The number of rotatable bonds is 4. The van der Waals surface area contributed by atoms with Gasteiger partial charge in [-0.3, -0.25) is 0 Å². The van der Waals surface area contributed by atoms with E-state index in [-0.39, 0.29) is 17.2 Å². The van der Waals surface area contributed by atoms with Gasteiger partial charge in [-0.25, -0.2) is 0 Å². The molecule has 0 aliphatic rings. The quantitative estimate of drug-likeness (QED) is 0.924. The largest absolute Gasteiger partial charge is 0.464 e. The molecule has 1 aromatic carbocycles. The minimum absolute atomic E-state index is 0.0334. The maximum absolute atomic E-state index is 6.04. The van der Waals surface area contributed by atoms with Crippen LogP contribution < -0.4 is 10.1 Å². The number of anilines is 2. The molecule has 19 heavy (non-hydrogen) atoms. The molecule has 8 heteroatoms. The summed E-state index contributed by atoms with van der Waals surface area (Å²) in [7, 11) is 0. The lowest BCUT2D eigenvalue weighted by Gasteiger charge is -2.08. The first kappa shape index (κ1) is 14.1. The molecule has 0 bridgehead atoms. The van der Waals surface area contributed by atoms with E-state index in [1.807, 2.05) is 6.92 Å². The number of aromatic nitrogens is 3. The molecule has 0 fully saturated rings. The fraction of sp³-hybridized carbons (Fsp3) is 0.182. The molecule has 100 valence electrons. The van der Waals surface area contributed by atoms with Gasteiger partial charge in [-0.05, 0) is 36.7 Å². The zero-order valence-corrected chi connectivity index (χ0v) is 12.1. The molecule has 2 rings (SSSR count). The molecule has 2 aromatic rings. The van der Waals surface area contributed by atoms with Crippen LogP contribution in [0.4, 0.5) is 11.6 Å². The molecular weight excluding hydrogens is 311 g/mol. The summed E-state index contributed by atoms with van der Waals surface area (Å²) in [5, 5.41) is 3.94. The highest BCUT2D eigenvalue weighted by atomic mass is 35.5. The second-order valence-corrected chi connectivity index (χ2v) is 4.57.